The lowest BCUT2D eigenvalue weighted by Gasteiger charge is -2.11. The van der Waals surface area contributed by atoms with E-state index in [4.69, 9.17) is 0 Å². The van der Waals surface area contributed by atoms with Gasteiger partial charge in [0.05, 0.1) is 6.10 Å². The van der Waals surface area contributed by atoms with E-state index in [1.165, 1.54) is 6.08 Å². The van der Waals surface area contributed by atoms with Gasteiger partial charge in [0.2, 0.25) is 5.91 Å². The summed E-state index contributed by atoms with van der Waals surface area (Å²) in [5.74, 6) is -0.219. The second kappa shape index (κ2) is 8.41. The molecule has 114 valence electrons. The molecule has 2 aromatic rings. The zero-order chi connectivity index (χ0) is 15.8. The van der Waals surface area contributed by atoms with Gasteiger partial charge in [0, 0.05) is 17.5 Å². The van der Waals surface area contributed by atoms with Gasteiger partial charge < -0.3 is 10.4 Å². The number of amides is 1. The van der Waals surface area contributed by atoms with Crippen LogP contribution < -0.4 is 5.32 Å². The minimum Gasteiger partial charge on any atom is -0.387 e. The number of rotatable bonds is 6. The average Bonchev–Trinajstić information content (AvgIpc) is 2.58. The maximum atomic E-state index is 11.7. The molecule has 3 nitrogen and oxygen atoms in total. The van der Waals surface area contributed by atoms with E-state index in [9.17, 15) is 9.90 Å². The Balaban J connectivity index is 1.83. The first kappa shape index (κ1) is 16.3. The maximum absolute atomic E-state index is 11.7. The van der Waals surface area contributed by atoms with Crippen molar-refractivity contribution < 1.29 is 9.90 Å². The van der Waals surface area contributed by atoms with Gasteiger partial charge in [-0.05, 0) is 35.6 Å². The Labute approximate surface area is 135 Å². The summed E-state index contributed by atoms with van der Waals surface area (Å²) < 4.78 is 0. The van der Waals surface area contributed by atoms with Crippen LogP contribution in [0.5, 0.6) is 0 Å². The molecule has 0 heterocycles. The van der Waals surface area contributed by atoms with Crippen molar-refractivity contribution in [2.45, 2.75) is 11.0 Å². The SMILES string of the molecule is CSc1ccc([C@H](O)CNC(=O)/C=C/c2ccccc2)cc1. The van der Waals surface area contributed by atoms with Crippen LogP contribution >= 0.6 is 11.8 Å². The molecule has 0 aliphatic carbocycles. The highest BCUT2D eigenvalue weighted by Gasteiger charge is 2.08. The highest BCUT2D eigenvalue weighted by Crippen LogP contribution is 2.18. The summed E-state index contributed by atoms with van der Waals surface area (Å²) in [6.07, 6.45) is 4.52. The third-order valence-corrected chi connectivity index (χ3v) is 3.94. The van der Waals surface area contributed by atoms with E-state index in [-0.39, 0.29) is 12.5 Å². The molecule has 4 heteroatoms. The molecule has 0 bridgehead atoms. The van der Waals surface area contributed by atoms with Crippen molar-refractivity contribution in [1.82, 2.24) is 5.32 Å². The van der Waals surface area contributed by atoms with Crippen LogP contribution in [0.4, 0.5) is 0 Å². The number of hydrogen-bond donors (Lipinski definition) is 2. The Morgan fingerprint density at radius 3 is 2.50 bits per heavy atom. The quantitative estimate of drug-likeness (QED) is 0.635. The van der Waals surface area contributed by atoms with E-state index in [0.717, 1.165) is 16.0 Å². The standard InChI is InChI=1S/C18H19NO2S/c1-22-16-10-8-15(9-11-16)17(20)13-19-18(21)12-7-14-5-3-2-4-6-14/h2-12,17,20H,13H2,1H3,(H,19,21)/b12-7+/t17-/m1/s1. The Bertz CT molecular complexity index is 623. The number of aliphatic hydroxyl groups excluding tert-OH is 1. The van der Waals surface area contributed by atoms with Crippen LogP contribution in [0.15, 0.2) is 65.6 Å². The summed E-state index contributed by atoms with van der Waals surface area (Å²) in [4.78, 5) is 12.9. The summed E-state index contributed by atoms with van der Waals surface area (Å²) in [7, 11) is 0. The predicted octanol–water partition coefficient (Wildman–Crippen LogP) is 3.27. The van der Waals surface area contributed by atoms with Crippen molar-refractivity contribution >= 4 is 23.7 Å². The molecular weight excluding hydrogens is 294 g/mol. The van der Waals surface area contributed by atoms with Crippen molar-refractivity contribution in [2.75, 3.05) is 12.8 Å². The summed E-state index contributed by atoms with van der Waals surface area (Å²) in [5.41, 5.74) is 1.76. The molecule has 0 aromatic heterocycles. The van der Waals surface area contributed by atoms with E-state index in [1.807, 2.05) is 60.9 Å². The van der Waals surface area contributed by atoms with E-state index in [2.05, 4.69) is 5.32 Å². The summed E-state index contributed by atoms with van der Waals surface area (Å²) in [6.45, 7) is 0.191. The first-order valence-electron chi connectivity index (χ1n) is 7.02. The topological polar surface area (TPSA) is 49.3 Å². The highest BCUT2D eigenvalue weighted by atomic mass is 32.2. The normalized spacial score (nSPS) is 12.3. The largest absolute Gasteiger partial charge is 0.387 e. The smallest absolute Gasteiger partial charge is 0.244 e. The van der Waals surface area contributed by atoms with Crippen LogP contribution in [-0.2, 0) is 4.79 Å². The van der Waals surface area contributed by atoms with Crippen LogP contribution in [0.3, 0.4) is 0 Å². The van der Waals surface area contributed by atoms with Crippen LogP contribution in [0, 0.1) is 0 Å². The minimum atomic E-state index is -0.704. The molecule has 2 rings (SSSR count). The highest BCUT2D eigenvalue weighted by molar-refractivity contribution is 7.98. The lowest BCUT2D eigenvalue weighted by Crippen LogP contribution is -2.26. The average molecular weight is 313 g/mol. The van der Waals surface area contributed by atoms with E-state index in [1.54, 1.807) is 17.8 Å². The number of hydrogen-bond acceptors (Lipinski definition) is 3. The second-order valence-corrected chi connectivity index (χ2v) is 5.66. The van der Waals surface area contributed by atoms with Crippen LogP contribution in [-0.4, -0.2) is 23.8 Å². The first-order chi connectivity index (χ1) is 10.7. The number of aliphatic hydroxyl groups is 1. The Kier molecular flexibility index (Phi) is 6.25. The molecule has 0 aliphatic heterocycles. The zero-order valence-electron chi connectivity index (χ0n) is 12.4. The maximum Gasteiger partial charge on any atom is 0.244 e. The van der Waals surface area contributed by atoms with Gasteiger partial charge in [0.1, 0.15) is 0 Å². The van der Waals surface area contributed by atoms with Crippen LogP contribution in [0.2, 0.25) is 0 Å². The lowest BCUT2D eigenvalue weighted by atomic mass is 10.1. The molecule has 0 unspecified atom stereocenters. The molecule has 0 fully saturated rings. The molecule has 0 aliphatic rings. The molecule has 2 aromatic carbocycles. The number of nitrogens with one attached hydrogen (secondary N) is 1. The van der Waals surface area contributed by atoms with Gasteiger partial charge in [-0.3, -0.25) is 4.79 Å². The van der Waals surface area contributed by atoms with Crippen molar-refractivity contribution in [3.05, 3.63) is 71.8 Å². The van der Waals surface area contributed by atoms with Gasteiger partial charge in [-0.25, -0.2) is 0 Å². The number of carbonyl (C=O) groups is 1. The van der Waals surface area contributed by atoms with Crippen LogP contribution in [0.25, 0.3) is 6.08 Å². The third kappa shape index (κ3) is 5.06. The number of thioether (sulfide) groups is 1. The molecule has 1 amide bonds. The lowest BCUT2D eigenvalue weighted by molar-refractivity contribution is -0.116. The summed E-state index contributed by atoms with van der Waals surface area (Å²) in [5, 5.41) is 12.8. The second-order valence-electron chi connectivity index (χ2n) is 4.78. The van der Waals surface area contributed by atoms with Crippen molar-refractivity contribution in [3.63, 3.8) is 0 Å². The van der Waals surface area contributed by atoms with Gasteiger partial charge in [-0.2, -0.15) is 0 Å². The predicted molar refractivity (Wildman–Crippen MR) is 91.7 cm³/mol. The van der Waals surface area contributed by atoms with Gasteiger partial charge in [-0.15, -0.1) is 11.8 Å². The Morgan fingerprint density at radius 2 is 1.86 bits per heavy atom. The van der Waals surface area contributed by atoms with Crippen LogP contribution in [0.1, 0.15) is 17.2 Å². The van der Waals surface area contributed by atoms with Gasteiger partial charge >= 0.3 is 0 Å². The summed E-state index contributed by atoms with van der Waals surface area (Å²) in [6, 6.07) is 17.3. The van der Waals surface area contributed by atoms with Crippen molar-refractivity contribution in [3.8, 4) is 0 Å². The molecule has 2 N–H and O–H groups in total. The van der Waals surface area contributed by atoms with Gasteiger partial charge in [0.25, 0.3) is 0 Å². The number of benzene rings is 2. The molecule has 0 radical (unpaired) electrons. The van der Waals surface area contributed by atoms with E-state index >= 15 is 0 Å². The van der Waals surface area contributed by atoms with E-state index < -0.39 is 6.10 Å². The fraction of sp³-hybridized carbons (Fsp3) is 0.167. The van der Waals surface area contributed by atoms with E-state index in [0.29, 0.717) is 0 Å². The van der Waals surface area contributed by atoms with Gasteiger partial charge in [-0.1, -0.05) is 42.5 Å². The van der Waals surface area contributed by atoms with Gasteiger partial charge in [0.15, 0.2) is 0 Å². The molecule has 1 atom stereocenters. The Morgan fingerprint density at radius 1 is 1.18 bits per heavy atom. The summed E-state index contributed by atoms with van der Waals surface area (Å²) >= 11 is 1.65. The fourth-order valence-corrected chi connectivity index (χ4v) is 2.34. The first-order valence-corrected chi connectivity index (χ1v) is 8.24. The van der Waals surface area contributed by atoms with Crippen molar-refractivity contribution in [1.29, 1.82) is 0 Å². The monoisotopic (exact) mass is 313 g/mol. The molecule has 22 heavy (non-hydrogen) atoms. The molecule has 0 saturated heterocycles. The zero-order valence-corrected chi connectivity index (χ0v) is 13.2. The Hall–Kier alpha value is -2.04. The molecule has 0 spiro atoms. The molecular formula is C18H19NO2S. The van der Waals surface area contributed by atoms with Crippen molar-refractivity contribution in [2.24, 2.45) is 0 Å². The third-order valence-electron chi connectivity index (χ3n) is 3.20. The molecule has 0 saturated carbocycles. The minimum absolute atomic E-state index is 0.191. The number of carbonyl (C=O) groups excluding carboxylic acids is 1. The fourth-order valence-electron chi connectivity index (χ4n) is 1.94.